The van der Waals surface area contributed by atoms with Crippen LogP contribution < -0.4 is 10.6 Å². The lowest BCUT2D eigenvalue weighted by Crippen LogP contribution is -2.47. The number of aliphatic carboxylic acids is 1. The van der Waals surface area contributed by atoms with E-state index in [9.17, 15) is 9.59 Å². The summed E-state index contributed by atoms with van der Waals surface area (Å²) in [6.07, 6.45) is 4.59. The van der Waals surface area contributed by atoms with Gasteiger partial charge in [0, 0.05) is 12.6 Å². The number of hydrogen-bond acceptors (Lipinski definition) is 2. The molecule has 1 atom stereocenters. The summed E-state index contributed by atoms with van der Waals surface area (Å²) in [7, 11) is 0. The maximum atomic E-state index is 11.9. The van der Waals surface area contributed by atoms with Gasteiger partial charge < -0.3 is 15.7 Å². The third kappa shape index (κ3) is 10.2. The molecular formula is C16H32N2O3. The lowest BCUT2D eigenvalue weighted by atomic mass is 9.87. The predicted octanol–water partition coefficient (Wildman–Crippen LogP) is 3.39. The van der Waals surface area contributed by atoms with E-state index in [4.69, 9.17) is 5.11 Å². The Balaban J connectivity index is 4.19. The van der Waals surface area contributed by atoms with Crippen LogP contribution in [-0.2, 0) is 4.79 Å². The fourth-order valence-electron chi connectivity index (χ4n) is 2.12. The molecule has 0 heterocycles. The number of rotatable bonds is 10. The first kappa shape index (κ1) is 19.7. The van der Waals surface area contributed by atoms with Gasteiger partial charge in [0.1, 0.15) is 0 Å². The smallest absolute Gasteiger partial charge is 0.315 e. The molecule has 0 aromatic heterocycles. The van der Waals surface area contributed by atoms with E-state index in [-0.39, 0.29) is 29.8 Å². The minimum Gasteiger partial charge on any atom is -0.481 e. The monoisotopic (exact) mass is 300 g/mol. The quantitative estimate of drug-likeness (QED) is 0.541. The molecule has 0 aliphatic heterocycles. The molecule has 1 unspecified atom stereocenters. The van der Waals surface area contributed by atoms with E-state index in [0.29, 0.717) is 6.54 Å². The van der Waals surface area contributed by atoms with Crippen molar-refractivity contribution in [2.24, 2.45) is 11.3 Å². The van der Waals surface area contributed by atoms with Crippen LogP contribution in [0, 0.1) is 11.3 Å². The number of unbranched alkanes of at least 4 members (excludes halogenated alkanes) is 2. The van der Waals surface area contributed by atoms with Crippen molar-refractivity contribution in [2.75, 3.05) is 6.54 Å². The summed E-state index contributed by atoms with van der Waals surface area (Å²) in [5.41, 5.74) is 0.0621. The molecule has 5 heteroatoms. The van der Waals surface area contributed by atoms with Crippen molar-refractivity contribution < 1.29 is 14.7 Å². The number of carboxylic acid groups (broad SMARTS) is 1. The second-order valence-electron chi connectivity index (χ2n) is 6.90. The van der Waals surface area contributed by atoms with Gasteiger partial charge in [0.15, 0.2) is 0 Å². The highest BCUT2D eigenvalue weighted by atomic mass is 16.4. The highest BCUT2D eigenvalue weighted by Gasteiger charge is 2.22. The molecule has 0 aromatic rings. The summed E-state index contributed by atoms with van der Waals surface area (Å²) in [5.74, 6) is -0.807. The summed E-state index contributed by atoms with van der Waals surface area (Å²) < 4.78 is 0. The van der Waals surface area contributed by atoms with Gasteiger partial charge in [-0.15, -0.1) is 0 Å². The average Bonchev–Trinajstić information content (AvgIpc) is 2.35. The molecule has 3 N–H and O–H groups in total. The van der Waals surface area contributed by atoms with E-state index in [1.165, 1.54) is 19.3 Å². The van der Waals surface area contributed by atoms with Crippen LogP contribution in [0.4, 0.5) is 4.79 Å². The standard InChI is InChI=1S/C16H32N2O3/c1-6-7-8-9-16(4,5)11-17-15(21)18-13(12(2)3)10-14(19)20/h12-13H,6-11H2,1-5H3,(H,19,20)(H2,17,18,21). The highest BCUT2D eigenvalue weighted by molar-refractivity contribution is 5.75. The Kier molecular flexibility index (Phi) is 9.06. The summed E-state index contributed by atoms with van der Waals surface area (Å²) >= 11 is 0. The Hall–Kier alpha value is -1.26. The van der Waals surface area contributed by atoms with Crippen molar-refractivity contribution in [3.63, 3.8) is 0 Å². The topological polar surface area (TPSA) is 78.4 Å². The van der Waals surface area contributed by atoms with Gasteiger partial charge in [0.2, 0.25) is 0 Å². The maximum absolute atomic E-state index is 11.9. The minimum absolute atomic E-state index is 0.0506. The molecule has 0 radical (unpaired) electrons. The molecule has 124 valence electrons. The Labute approximate surface area is 128 Å². The molecule has 5 nitrogen and oxygen atoms in total. The van der Waals surface area contributed by atoms with Crippen molar-refractivity contribution in [2.45, 2.75) is 72.8 Å². The van der Waals surface area contributed by atoms with E-state index in [1.54, 1.807) is 0 Å². The average molecular weight is 300 g/mol. The summed E-state index contributed by atoms with van der Waals surface area (Å²) in [6, 6.07) is -0.621. The summed E-state index contributed by atoms with van der Waals surface area (Å²) in [4.78, 5) is 22.7. The largest absolute Gasteiger partial charge is 0.481 e. The van der Waals surface area contributed by atoms with E-state index < -0.39 is 5.97 Å². The second-order valence-corrected chi connectivity index (χ2v) is 6.90. The molecular weight excluding hydrogens is 268 g/mol. The third-order valence-corrected chi connectivity index (χ3v) is 3.70. The lowest BCUT2D eigenvalue weighted by Gasteiger charge is -2.26. The molecule has 0 saturated carbocycles. The molecule has 0 aliphatic rings. The van der Waals surface area contributed by atoms with Gasteiger partial charge in [-0.25, -0.2) is 4.79 Å². The van der Waals surface area contributed by atoms with Crippen molar-refractivity contribution in [3.05, 3.63) is 0 Å². The number of urea groups is 1. The Bertz CT molecular complexity index is 327. The van der Waals surface area contributed by atoms with Crippen molar-refractivity contribution in [3.8, 4) is 0 Å². The molecule has 0 saturated heterocycles. The van der Waals surface area contributed by atoms with E-state index in [2.05, 4.69) is 31.4 Å². The first-order valence-corrected chi connectivity index (χ1v) is 7.94. The molecule has 0 aliphatic carbocycles. The van der Waals surface area contributed by atoms with E-state index in [1.807, 2.05) is 13.8 Å². The number of nitrogens with one attached hydrogen (secondary N) is 2. The zero-order valence-electron chi connectivity index (χ0n) is 14.2. The molecule has 0 aromatic carbocycles. The second kappa shape index (κ2) is 9.64. The van der Waals surface area contributed by atoms with Crippen molar-refractivity contribution in [1.82, 2.24) is 10.6 Å². The fraction of sp³-hybridized carbons (Fsp3) is 0.875. The third-order valence-electron chi connectivity index (χ3n) is 3.70. The van der Waals surface area contributed by atoms with Gasteiger partial charge in [-0.2, -0.15) is 0 Å². The van der Waals surface area contributed by atoms with Crippen LogP contribution >= 0.6 is 0 Å². The minimum atomic E-state index is -0.895. The number of carbonyl (C=O) groups excluding carboxylic acids is 1. The van der Waals surface area contributed by atoms with Crippen LogP contribution in [0.25, 0.3) is 0 Å². The zero-order valence-corrected chi connectivity index (χ0v) is 14.2. The molecule has 0 rings (SSSR count). The van der Waals surface area contributed by atoms with Gasteiger partial charge in [-0.1, -0.05) is 53.9 Å². The SMILES string of the molecule is CCCCCC(C)(C)CNC(=O)NC(CC(=O)O)C(C)C. The van der Waals surface area contributed by atoms with Crippen molar-refractivity contribution in [1.29, 1.82) is 0 Å². The predicted molar refractivity (Wildman–Crippen MR) is 85.3 cm³/mol. The maximum Gasteiger partial charge on any atom is 0.315 e. The van der Waals surface area contributed by atoms with Gasteiger partial charge >= 0.3 is 12.0 Å². The zero-order chi connectivity index (χ0) is 16.5. The summed E-state index contributed by atoms with van der Waals surface area (Å²) in [5, 5.41) is 14.5. The Morgan fingerprint density at radius 3 is 2.29 bits per heavy atom. The lowest BCUT2D eigenvalue weighted by molar-refractivity contribution is -0.137. The molecule has 2 amide bonds. The molecule has 0 spiro atoms. The first-order valence-electron chi connectivity index (χ1n) is 7.94. The number of carboxylic acids is 1. The van der Waals surface area contributed by atoms with E-state index in [0.717, 1.165) is 6.42 Å². The first-order chi connectivity index (χ1) is 9.68. The van der Waals surface area contributed by atoms with Gasteiger partial charge in [-0.3, -0.25) is 4.79 Å². The fourth-order valence-corrected chi connectivity index (χ4v) is 2.12. The Morgan fingerprint density at radius 2 is 1.81 bits per heavy atom. The molecule has 0 bridgehead atoms. The molecule has 0 fully saturated rings. The molecule has 21 heavy (non-hydrogen) atoms. The van der Waals surface area contributed by atoms with Crippen LogP contribution in [0.5, 0.6) is 0 Å². The Morgan fingerprint density at radius 1 is 1.19 bits per heavy atom. The van der Waals surface area contributed by atoms with Crippen LogP contribution in [0.15, 0.2) is 0 Å². The number of amides is 2. The summed E-state index contributed by atoms with van der Waals surface area (Å²) in [6.45, 7) is 10.9. The van der Waals surface area contributed by atoms with Crippen LogP contribution in [-0.4, -0.2) is 29.7 Å². The highest BCUT2D eigenvalue weighted by Crippen LogP contribution is 2.22. The van der Waals surface area contributed by atoms with Crippen LogP contribution in [0.2, 0.25) is 0 Å². The van der Waals surface area contributed by atoms with Crippen LogP contribution in [0.1, 0.15) is 66.7 Å². The van der Waals surface area contributed by atoms with Crippen LogP contribution in [0.3, 0.4) is 0 Å². The van der Waals surface area contributed by atoms with Crippen molar-refractivity contribution >= 4 is 12.0 Å². The normalized spacial score (nSPS) is 13.0. The van der Waals surface area contributed by atoms with Gasteiger partial charge in [-0.05, 0) is 17.8 Å². The van der Waals surface area contributed by atoms with E-state index >= 15 is 0 Å². The number of carbonyl (C=O) groups is 2. The van der Waals surface area contributed by atoms with Gasteiger partial charge in [0.05, 0.1) is 6.42 Å². The number of hydrogen-bond donors (Lipinski definition) is 3. The van der Waals surface area contributed by atoms with Gasteiger partial charge in [0.25, 0.3) is 0 Å².